The molecule has 1 N–H and O–H groups in total. The molecule has 0 bridgehead atoms. The molecular formula is C18H29NO2. The van der Waals surface area contributed by atoms with Crippen molar-refractivity contribution in [2.24, 2.45) is 0 Å². The second-order valence-electron chi connectivity index (χ2n) is 5.87. The van der Waals surface area contributed by atoms with Crippen molar-refractivity contribution < 1.29 is 9.47 Å². The van der Waals surface area contributed by atoms with E-state index in [4.69, 9.17) is 9.47 Å². The first kappa shape index (κ1) is 16.3. The van der Waals surface area contributed by atoms with Crippen molar-refractivity contribution in [3.05, 3.63) is 29.8 Å². The fourth-order valence-electron chi connectivity index (χ4n) is 3.49. The summed E-state index contributed by atoms with van der Waals surface area (Å²) < 4.78 is 11.7. The molecule has 1 aliphatic rings. The molecule has 0 aliphatic heterocycles. The minimum atomic E-state index is -0.0592. The van der Waals surface area contributed by atoms with Crippen LogP contribution in [0.4, 0.5) is 0 Å². The zero-order valence-electron chi connectivity index (χ0n) is 13.7. The SMILES string of the molecule is CCCNC(c1cccc(OC)c1)C1(OCC)CCCC1. The number of hydrogen-bond acceptors (Lipinski definition) is 3. The van der Waals surface area contributed by atoms with Gasteiger partial charge in [0.25, 0.3) is 0 Å². The van der Waals surface area contributed by atoms with Crippen molar-refractivity contribution in [1.29, 1.82) is 0 Å². The third-order valence-electron chi connectivity index (χ3n) is 4.43. The number of methoxy groups -OCH3 is 1. The fraction of sp³-hybridized carbons (Fsp3) is 0.667. The molecule has 0 radical (unpaired) electrons. The average molecular weight is 291 g/mol. The van der Waals surface area contributed by atoms with Crippen LogP contribution in [0.25, 0.3) is 0 Å². The lowest BCUT2D eigenvalue weighted by Crippen LogP contribution is -2.44. The molecule has 0 saturated heterocycles. The summed E-state index contributed by atoms with van der Waals surface area (Å²) >= 11 is 0. The largest absolute Gasteiger partial charge is 0.497 e. The molecule has 1 atom stereocenters. The molecule has 21 heavy (non-hydrogen) atoms. The molecule has 118 valence electrons. The highest BCUT2D eigenvalue weighted by atomic mass is 16.5. The van der Waals surface area contributed by atoms with Crippen LogP contribution in [-0.4, -0.2) is 25.9 Å². The molecule has 1 aliphatic carbocycles. The van der Waals surface area contributed by atoms with Gasteiger partial charge in [0, 0.05) is 6.61 Å². The number of rotatable bonds is 8. The smallest absolute Gasteiger partial charge is 0.119 e. The van der Waals surface area contributed by atoms with Gasteiger partial charge in [-0.15, -0.1) is 0 Å². The molecule has 1 aromatic carbocycles. The van der Waals surface area contributed by atoms with E-state index in [9.17, 15) is 0 Å². The van der Waals surface area contributed by atoms with E-state index in [1.54, 1.807) is 7.11 Å². The molecule has 1 fully saturated rings. The van der Waals surface area contributed by atoms with Crippen LogP contribution in [0, 0.1) is 0 Å². The maximum atomic E-state index is 6.27. The van der Waals surface area contributed by atoms with Crippen LogP contribution in [0.5, 0.6) is 5.75 Å². The summed E-state index contributed by atoms with van der Waals surface area (Å²) in [4.78, 5) is 0. The van der Waals surface area contributed by atoms with Crippen molar-refractivity contribution in [3.63, 3.8) is 0 Å². The summed E-state index contributed by atoms with van der Waals surface area (Å²) in [6, 6.07) is 8.66. The Hall–Kier alpha value is -1.06. The van der Waals surface area contributed by atoms with Crippen molar-refractivity contribution in [1.82, 2.24) is 5.32 Å². The highest BCUT2D eigenvalue weighted by Gasteiger charge is 2.42. The van der Waals surface area contributed by atoms with E-state index >= 15 is 0 Å². The summed E-state index contributed by atoms with van der Waals surface area (Å²) in [5.74, 6) is 0.917. The molecule has 0 amide bonds. The van der Waals surface area contributed by atoms with E-state index in [-0.39, 0.29) is 11.6 Å². The molecule has 0 spiro atoms. The Balaban J connectivity index is 2.31. The Morgan fingerprint density at radius 2 is 2.00 bits per heavy atom. The highest BCUT2D eigenvalue weighted by molar-refractivity contribution is 5.32. The Kier molecular flexibility index (Phi) is 6.07. The van der Waals surface area contributed by atoms with Crippen LogP contribution in [0.15, 0.2) is 24.3 Å². The minimum Gasteiger partial charge on any atom is -0.497 e. The number of benzene rings is 1. The van der Waals surface area contributed by atoms with Crippen LogP contribution in [0.1, 0.15) is 57.6 Å². The van der Waals surface area contributed by atoms with Crippen molar-refractivity contribution in [2.45, 2.75) is 57.6 Å². The van der Waals surface area contributed by atoms with Gasteiger partial charge in [-0.25, -0.2) is 0 Å². The Morgan fingerprint density at radius 1 is 1.24 bits per heavy atom. The van der Waals surface area contributed by atoms with Gasteiger partial charge in [0.1, 0.15) is 5.75 Å². The summed E-state index contributed by atoms with van der Waals surface area (Å²) in [6.07, 6.45) is 5.92. The second-order valence-corrected chi connectivity index (χ2v) is 5.87. The van der Waals surface area contributed by atoms with Gasteiger partial charge in [0.15, 0.2) is 0 Å². The van der Waals surface area contributed by atoms with E-state index in [2.05, 4.69) is 37.4 Å². The van der Waals surface area contributed by atoms with E-state index < -0.39 is 0 Å². The van der Waals surface area contributed by atoms with E-state index in [1.165, 1.54) is 18.4 Å². The third-order valence-corrected chi connectivity index (χ3v) is 4.43. The maximum Gasteiger partial charge on any atom is 0.119 e. The van der Waals surface area contributed by atoms with Crippen LogP contribution >= 0.6 is 0 Å². The summed E-state index contributed by atoms with van der Waals surface area (Å²) in [6.45, 7) is 6.09. The van der Waals surface area contributed by atoms with Crippen LogP contribution in [-0.2, 0) is 4.74 Å². The first-order valence-electron chi connectivity index (χ1n) is 8.27. The monoisotopic (exact) mass is 291 g/mol. The van der Waals surface area contributed by atoms with Crippen molar-refractivity contribution in [3.8, 4) is 5.75 Å². The number of nitrogens with one attached hydrogen (secondary N) is 1. The van der Waals surface area contributed by atoms with E-state index in [0.29, 0.717) is 0 Å². The predicted molar refractivity (Wildman–Crippen MR) is 86.9 cm³/mol. The van der Waals surface area contributed by atoms with Gasteiger partial charge >= 0.3 is 0 Å². The van der Waals surface area contributed by atoms with Crippen molar-refractivity contribution >= 4 is 0 Å². The zero-order valence-corrected chi connectivity index (χ0v) is 13.7. The molecule has 3 nitrogen and oxygen atoms in total. The minimum absolute atomic E-state index is 0.0592. The standard InChI is InChI=1S/C18H29NO2/c1-4-13-19-17(15-9-8-10-16(14-15)20-3)18(21-5-2)11-6-7-12-18/h8-10,14,17,19H,4-7,11-13H2,1-3H3. The molecule has 1 unspecified atom stereocenters. The van der Waals surface area contributed by atoms with Crippen LogP contribution < -0.4 is 10.1 Å². The summed E-state index contributed by atoms with van der Waals surface area (Å²) in [5, 5.41) is 3.72. The van der Waals surface area contributed by atoms with Gasteiger partial charge in [-0.3, -0.25) is 0 Å². The molecule has 1 saturated carbocycles. The van der Waals surface area contributed by atoms with E-state index in [0.717, 1.165) is 38.2 Å². The van der Waals surface area contributed by atoms with Crippen LogP contribution in [0.3, 0.4) is 0 Å². The normalized spacial score (nSPS) is 18.6. The van der Waals surface area contributed by atoms with Gasteiger partial charge in [-0.2, -0.15) is 0 Å². The lowest BCUT2D eigenvalue weighted by molar-refractivity contribution is -0.0626. The highest BCUT2D eigenvalue weighted by Crippen LogP contribution is 2.43. The Morgan fingerprint density at radius 3 is 2.62 bits per heavy atom. The number of ether oxygens (including phenoxy) is 2. The van der Waals surface area contributed by atoms with Gasteiger partial charge < -0.3 is 14.8 Å². The van der Waals surface area contributed by atoms with Crippen LogP contribution in [0.2, 0.25) is 0 Å². The molecule has 0 aromatic heterocycles. The maximum absolute atomic E-state index is 6.27. The molecule has 3 heteroatoms. The Labute approximate surface area is 129 Å². The van der Waals surface area contributed by atoms with E-state index in [1.807, 2.05) is 6.07 Å². The first-order valence-corrected chi connectivity index (χ1v) is 8.27. The van der Waals surface area contributed by atoms with Gasteiger partial charge in [-0.05, 0) is 50.4 Å². The molecule has 1 aromatic rings. The summed E-state index contributed by atoms with van der Waals surface area (Å²) in [5.41, 5.74) is 1.22. The topological polar surface area (TPSA) is 30.5 Å². The van der Waals surface area contributed by atoms with Crippen molar-refractivity contribution in [2.75, 3.05) is 20.3 Å². The zero-order chi connectivity index (χ0) is 15.1. The van der Waals surface area contributed by atoms with Gasteiger partial charge in [0.05, 0.1) is 18.8 Å². The Bertz CT molecular complexity index is 427. The molecular weight excluding hydrogens is 262 g/mol. The molecule has 2 rings (SSSR count). The van der Waals surface area contributed by atoms with Gasteiger partial charge in [-0.1, -0.05) is 31.9 Å². The first-order chi connectivity index (χ1) is 10.3. The van der Waals surface area contributed by atoms with Gasteiger partial charge in [0.2, 0.25) is 0 Å². The molecule has 0 heterocycles. The second kappa shape index (κ2) is 7.81. The summed E-state index contributed by atoms with van der Waals surface area (Å²) in [7, 11) is 1.72. The third kappa shape index (κ3) is 3.78. The quantitative estimate of drug-likeness (QED) is 0.782. The lowest BCUT2D eigenvalue weighted by Gasteiger charge is -2.38. The number of hydrogen-bond donors (Lipinski definition) is 1. The average Bonchev–Trinajstić information content (AvgIpc) is 2.98. The predicted octanol–water partition coefficient (Wildman–Crippen LogP) is 4.09. The lowest BCUT2D eigenvalue weighted by atomic mass is 9.86. The fourth-order valence-corrected chi connectivity index (χ4v) is 3.49.